The number of imidazole rings is 1. The molecule has 0 spiro atoms. The number of aromatic hydroxyl groups is 1. The van der Waals surface area contributed by atoms with Gasteiger partial charge in [-0.15, -0.1) is 11.8 Å². The van der Waals surface area contributed by atoms with Crippen LogP contribution in [0.3, 0.4) is 0 Å². The lowest BCUT2D eigenvalue weighted by atomic mass is 10.2. The molecule has 1 saturated heterocycles. The zero-order valence-electron chi connectivity index (χ0n) is 20.5. The van der Waals surface area contributed by atoms with Gasteiger partial charge in [-0.1, -0.05) is 6.08 Å². The zero-order chi connectivity index (χ0) is 25.7. The number of aromatic nitrogens is 6. The topological polar surface area (TPSA) is 154 Å². The van der Waals surface area contributed by atoms with Crippen molar-refractivity contribution >= 4 is 29.4 Å². The van der Waals surface area contributed by atoms with E-state index in [-0.39, 0.29) is 34.9 Å². The number of thioether (sulfide) groups is 1. The van der Waals surface area contributed by atoms with Gasteiger partial charge in [0.1, 0.15) is 11.5 Å². The van der Waals surface area contributed by atoms with Crippen molar-refractivity contribution in [3.05, 3.63) is 50.0 Å². The minimum absolute atomic E-state index is 0.00261. The van der Waals surface area contributed by atoms with Crippen LogP contribution >= 0.6 is 11.8 Å². The average Bonchev–Trinajstić information content (AvgIpc) is 3.24. The van der Waals surface area contributed by atoms with Crippen LogP contribution < -0.4 is 16.5 Å². The third-order valence-corrected chi connectivity index (χ3v) is 7.89. The van der Waals surface area contributed by atoms with E-state index < -0.39 is 5.69 Å². The molecular formula is C24H28N8O4S. The molecule has 3 N–H and O–H groups in total. The van der Waals surface area contributed by atoms with E-state index in [0.29, 0.717) is 59.2 Å². The van der Waals surface area contributed by atoms with Gasteiger partial charge in [0.2, 0.25) is 11.5 Å². The van der Waals surface area contributed by atoms with E-state index in [1.807, 2.05) is 24.8 Å². The average molecular weight is 525 g/mol. The Morgan fingerprint density at radius 2 is 2.05 bits per heavy atom. The Bertz CT molecular complexity index is 1560. The van der Waals surface area contributed by atoms with E-state index in [4.69, 9.17) is 19.7 Å². The molecule has 194 valence electrons. The molecule has 1 saturated carbocycles. The maximum absolute atomic E-state index is 13.2. The van der Waals surface area contributed by atoms with Crippen LogP contribution in [0.4, 0.5) is 0 Å². The van der Waals surface area contributed by atoms with Crippen LogP contribution in [-0.4, -0.2) is 77.3 Å². The van der Waals surface area contributed by atoms with Crippen molar-refractivity contribution in [2.75, 3.05) is 19.6 Å². The molecule has 1 amide bonds. The van der Waals surface area contributed by atoms with Gasteiger partial charge in [-0.3, -0.25) is 9.78 Å². The number of carbonyl (C=O) groups excluding carboxylic acids is 1. The molecule has 3 atom stereocenters. The fourth-order valence-corrected chi connectivity index (χ4v) is 5.79. The highest BCUT2D eigenvalue weighted by molar-refractivity contribution is 8.04. The van der Waals surface area contributed by atoms with Crippen molar-refractivity contribution < 1.29 is 14.6 Å². The quantitative estimate of drug-likeness (QED) is 0.434. The molecule has 6 rings (SSSR count). The number of carbonyl (C=O) groups is 1. The van der Waals surface area contributed by atoms with E-state index in [1.54, 1.807) is 16.8 Å². The second kappa shape index (κ2) is 9.45. The monoisotopic (exact) mass is 524 g/mol. The number of amides is 1. The summed E-state index contributed by atoms with van der Waals surface area (Å²) in [5.41, 5.74) is 0.687. The van der Waals surface area contributed by atoms with Crippen LogP contribution in [0.25, 0.3) is 11.7 Å². The van der Waals surface area contributed by atoms with Gasteiger partial charge in [0.25, 0.3) is 5.91 Å². The molecule has 3 aromatic rings. The summed E-state index contributed by atoms with van der Waals surface area (Å²) in [6, 6.07) is 0. The predicted molar refractivity (Wildman–Crippen MR) is 135 cm³/mol. The third kappa shape index (κ3) is 4.92. The van der Waals surface area contributed by atoms with Crippen molar-refractivity contribution in [2.24, 2.45) is 10.9 Å². The SMILES string of the molecule is CC1CN(C(=O)C2=CCC(c3nc(=NCC4CC4)n4ncc(=Cc5[nH]c(=O)[nH]c5O)c4n3)S2)CC(C)O1. The summed E-state index contributed by atoms with van der Waals surface area (Å²) in [7, 11) is 0. The molecule has 12 nitrogen and oxygen atoms in total. The van der Waals surface area contributed by atoms with Crippen molar-refractivity contribution in [3.8, 4) is 5.88 Å². The Hall–Kier alpha value is -3.45. The molecule has 2 aliphatic heterocycles. The molecule has 3 aromatic heterocycles. The largest absolute Gasteiger partial charge is 0.493 e. The fourth-order valence-electron chi connectivity index (χ4n) is 4.66. The summed E-state index contributed by atoms with van der Waals surface area (Å²) in [6.45, 7) is 5.77. The summed E-state index contributed by atoms with van der Waals surface area (Å²) in [5, 5.41) is 14.9. The van der Waals surface area contributed by atoms with Gasteiger partial charge < -0.3 is 19.7 Å². The lowest BCUT2D eigenvalue weighted by Gasteiger charge is -2.35. The van der Waals surface area contributed by atoms with Gasteiger partial charge in [0.15, 0.2) is 5.65 Å². The number of H-pyrrole nitrogens is 2. The number of nitrogens with one attached hydrogen (secondary N) is 2. The van der Waals surface area contributed by atoms with Crippen LogP contribution in [0.15, 0.2) is 27.0 Å². The Balaban J connectivity index is 1.33. The van der Waals surface area contributed by atoms with Gasteiger partial charge in [-0.2, -0.15) is 14.6 Å². The first kappa shape index (κ1) is 23.9. The number of rotatable bonds is 5. The standard InChI is InChI=1S/C24H28N8O4S/c1-12-10-31(11-13(2)36-12)22(34)18-6-5-17(37-18)19-28-20-15(7-16-21(33)30-24(35)27-16)9-26-32(20)23(29-19)25-8-14-3-4-14/h6-7,9,12-14,17,33H,3-5,8,10-11H2,1-2H3,(H2,27,30,35). The number of hydrogen-bond acceptors (Lipinski definition) is 9. The molecule has 3 aliphatic rings. The highest BCUT2D eigenvalue weighted by Crippen LogP contribution is 2.43. The summed E-state index contributed by atoms with van der Waals surface area (Å²) in [6.07, 6.45) is 8.12. The first-order chi connectivity index (χ1) is 17.8. The number of aromatic amines is 2. The third-order valence-electron chi connectivity index (χ3n) is 6.61. The number of ether oxygens (including phenoxy) is 1. The van der Waals surface area contributed by atoms with E-state index in [2.05, 4.69) is 15.1 Å². The first-order valence-corrected chi connectivity index (χ1v) is 13.3. The smallest absolute Gasteiger partial charge is 0.326 e. The molecule has 5 heterocycles. The molecule has 0 aromatic carbocycles. The van der Waals surface area contributed by atoms with Gasteiger partial charge in [-0.05, 0) is 45.1 Å². The molecule has 0 bridgehead atoms. The van der Waals surface area contributed by atoms with E-state index in [0.717, 1.165) is 12.8 Å². The minimum Gasteiger partial charge on any atom is -0.493 e. The van der Waals surface area contributed by atoms with Gasteiger partial charge in [0, 0.05) is 24.9 Å². The van der Waals surface area contributed by atoms with Crippen molar-refractivity contribution in [1.82, 2.24) is 34.4 Å². The molecule has 3 unspecified atom stereocenters. The van der Waals surface area contributed by atoms with Crippen molar-refractivity contribution in [1.29, 1.82) is 0 Å². The van der Waals surface area contributed by atoms with Crippen molar-refractivity contribution in [3.63, 3.8) is 0 Å². The van der Waals surface area contributed by atoms with E-state index >= 15 is 0 Å². The zero-order valence-corrected chi connectivity index (χ0v) is 21.4. The van der Waals surface area contributed by atoms with Gasteiger partial charge >= 0.3 is 5.69 Å². The molecule has 2 fully saturated rings. The molecule has 1 aliphatic carbocycles. The molecular weight excluding hydrogens is 496 g/mol. The predicted octanol–water partition coefficient (Wildman–Crippen LogP) is 0.402. The number of nitrogens with zero attached hydrogens (tertiary/aromatic N) is 6. The van der Waals surface area contributed by atoms with Crippen LogP contribution in [0.2, 0.25) is 0 Å². The maximum Gasteiger partial charge on any atom is 0.326 e. The summed E-state index contributed by atoms with van der Waals surface area (Å²) >= 11 is 1.47. The summed E-state index contributed by atoms with van der Waals surface area (Å²) < 4.78 is 7.35. The van der Waals surface area contributed by atoms with Gasteiger partial charge in [0.05, 0.1) is 28.6 Å². The molecule has 13 heteroatoms. The minimum atomic E-state index is -0.509. The highest BCUT2D eigenvalue weighted by atomic mass is 32.2. The number of fused-ring (bicyclic) bond motifs is 1. The van der Waals surface area contributed by atoms with Crippen LogP contribution in [0, 0.1) is 5.92 Å². The van der Waals surface area contributed by atoms with Crippen molar-refractivity contribution in [2.45, 2.75) is 50.6 Å². The fraction of sp³-hybridized carbons (Fsp3) is 0.500. The van der Waals surface area contributed by atoms with Crippen LogP contribution in [0.1, 0.15) is 49.9 Å². The Morgan fingerprint density at radius 3 is 2.76 bits per heavy atom. The number of hydrogen-bond donors (Lipinski definition) is 3. The number of allylic oxidation sites excluding steroid dienone is 1. The maximum atomic E-state index is 13.2. The Morgan fingerprint density at radius 1 is 1.27 bits per heavy atom. The highest BCUT2D eigenvalue weighted by Gasteiger charge is 2.33. The van der Waals surface area contributed by atoms with Gasteiger partial charge in [-0.25, -0.2) is 14.8 Å². The molecule has 0 radical (unpaired) electrons. The second-order valence-corrected chi connectivity index (χ2v) is 11.1. The van der Waals surface area contributed by atoms with E-state index in [9.17, 15) is 14.7 Å². The van der Waals surface area contributed by atoms with Crippen LogP contribution in [0.5, 0.6) is 5.88 Å². The lowest BCUT2D eigenvalue weighted by molar-refractivity contribution is -0.138. The van der Waals surface area contributed by atoms with E-state index in [1.165, 1.54) is 11.8 Å². The van der Waals surface area contributed by atoms with Crippen LogP contribution in [-0.2, 0) is 9.53 Å². The Labute approximate surface area is 215 Å². The second-order valence-electron chi connectivity index (χ2n) is 9.86. The number of morpholine rings is 1. The summed E-state index contributed by atoms with van der Waals surface area (Å²) in [4.78, 5) is 46.5. The molecule has 37 heavy (non-hydrogen) atoms. The Kier molecular flexibility index (Phi) is 6.11. The summed E-state index contributed by atoms with van der Waals surface area (Å²) in [5.74, 6) is 0.890. The normalized spacial score (nSPS) is 25.3. The first-order valence-electron chi connectivity index (χ1n) is 12.4. The lowest BCUT2D eigenvalue weighted by Crippen LogP contribution is -2.48.